The third kappa shape index (κ3) is 3.50. The molecule has 0 amide bonds. The summed E-state index contributed by atoms with van der Waals surface area (Å²) in [5.74, 6) is 2.20. The molecule has 1 heterocycles. The van der Waals surface area contributed by atoms with E-state index in [-0.39, 0.29) is 0 Å². The van der Waals surface area contributed by atoms with E-state index in [0.29, 0.717) is 21.3 Å². The molecular weight excluding hydrogens is 349 g/mol. The maximum absolute atomic E-state index is 6.05. The molecule has 0 fully saturated rings. The lowest BCUT2D eigenvalue weighted by atomic mass is 10.2. The van der Waals surface area contributed by atoms with E-state index >= 15 is 0 Å². The fourth-order valence-electron chi connectivity index (χ4n) is 1.89. The van der Waals surface area contributed by atoms with Gasteiger partial charge in [0.2, 0.25) is 0 Å². The van der Waals surface area contributed by atoms with Crippen LogP contribution in [-0.2, 0) is 11.9 Å². The van der Waals surface area contributed by atoms with Crippen molar-refractivity contribution in [2.24, 2.45) is 5.92 Å². The molecule has 19 heavy (non-hydrogen) atoms. The largest absolute Gasteiger partial charge is 0.310 e. The number of nitrogens with zero attached hydrogens (tertiary/aromatic N) is 3. The summed E-state index contributed by atoms with van der Waals surface area (Å²) in [7, 11) is 0. The Labute approximate surface area is 131 Å². The predicted octanol–water partition coefficient (Wildman–Crippen LogP) is 4.80. The van der Waals surface area contributed by atoms with Crippen molar-refractivity contribution in [2.45, 2.75) is 25.7 Å². The Morgan fingerprint density at radius 1 is 1.16 bits per heavy atom. The van der Waals surface area contributed by atoms with Crippen LogP contribution in [-0.4, -0.2) is 14.8 Å². The lowest BCUT2D eigenvalue weighted by Crippen LogP contribution is -2.09. The quantitative estimate of drug-likeness (QED) is 0.731. The summed E-state index contributed by atoms with van der Waals surface area (Å²) >= 11 is 15.5. The number of aromatic nitrogens is 3. The molecule has 0 unspecified atom stereocenters. The lowest BCUT2D eigenvalue weighted by molar-refractivity contribution is 0.516. The molecule has 0 aliphatic rings. The summed E-state index contributed by atoms with van der Waals surface area (Å²) in [5.41, 5.74) is 0.887. The van der Waals surface area contributed by atoms with E-state index in [9.17, 15) is 0 Å². The monoisotopic (exact) mass is 361 g/mol. The van der Waals surface area contributed by atoms with Crippen molar-refractivity contribution in [3.8, 4) is 11.4 Å². The molecule has 0 aliphatic carbocycles. The topological polar surface area (TPSA) is 30.7 Å². The first-order chi connectivity index (χ1) is 9.01. The Morgan fingerprint density at radius 3 is 2.32 bits per heavy atom. The van der Waals surface area contributed by atoms with E-state index in [1.165, 1.54) is 0 Å². The molecule has 0 atom stereocenters. The van der Waals surface area contributed by atoms with Crippen molar-refractivity contribution in [3.05, 3.63) is 34.1 Å². The Morgan fingerprint density at radius 2 is 1.79 bits per heavy atom. The van der Waals surface area contributed by atoms with E-state index in [0.717, 1.165) is 23.8 Å². The van der Waals surface area contributed by atoms with Crippen LogP contribution in [0.4, 0.5) is 0 Å². The maximum atomic E-state index is 6.05. The molecule has 0 N–H and O–H groups in total. The molecule has 0 saturated carbocycles. The second-order valence-corrected chi connectivity index (χ2v) is 6.17. The van der Waals surface area contributed by atoms with Gasteiger partial charge in [-0.1, -0.05) is 53.0 Å². The zero-order valence-electron chi connectivity index (χ0n) is 10.7. The summed E-state index contributed by atoms with van der Waals surface area (Å²) in [6.07, 6.45) is 0. The van der Waals surface area contributed by atoms with Gasteiger partial charge in [-0.15, -0.1) is 10.2 Å². The standard InChI is InChI=1S/C13H14BrCl2N3/c1-8(2)7-19-12(6-14)17-18-13(19)9-3-10(15)5-11(16)4-9/h3-5,8H,6-7H2,1-2H3. The fraction of sp³-hybridized carbons (Fsp3) is 0.385. The third-order valence-electron chi connectivity index (χ3n) is 2.62. The molecule has 0 radical (unpaired) electrons. The minimum absolute atomic E-state index is 0.502. The zero-order chi connectivity index (χ0) is 14.0. The molecule has 0 bridgehead atoms. The van der Waals surface area contributed by atoms with Crippen molar-refractivity contribution in [1.29, 1.82) is 0 Å². The van der Waals surface area contributed by atoms with Gasteiger partial charge >= 0.3 is 0 Å². The van der Waals surface area contributed by atoms with Gasteiger partial charge in [0.15, 0.2) is 5.82 Å². The van der Waals surface area contributed by atoms with Crippen LogP contribution < -0.4 is 0 Å². The second-order valence-electron chi connectivity index (χ2n) is 4.74. The molecule has 1 aromatic heterocycles. The molecule has 1 aromatic carbocycles. The van der Waals surface area contributed by atoms with Crippen molar-refractivity contribution >= 4 is 39.1 Å². The average Bonchev–Trinajstić information content (AvgIpc) is 2.69. The van der Waals surface area contributed by atoms with Crippen LogP contribution in [0.15, 0.2) is 18.2 Å². The Balaban J connectivity index is 2.51. The van der Waals surface area contributed by atoms with Crippen LogP contribution in [0, 0.1) is 5.92 Å². The van der Waals surface area contributed by atoms with Crippen LogP contribution >= 0.6 is 39.1 Å². The van der Waals surface area contributed by atoms with Gasteiger partial charge in [-0.3, -0.25) is 0 Å². The van der Waals surface area contributed by atoms with Crippen LogP contribution in [0.3, 0.4) is 0 Å². The first kappa shape index (κ1) is 14.8. The summed E-state index contributed by atoms with van der Waals surface area (Å²) in [6, 6.07) is 5.42. The van der Waals surface area contributed by atoms with Gasteiger partial charge in [0.25, 0.3) is 0 Å². The van der Waals surface area contributed by atoms with Crippen molar-refractivity contribution in [1.82, 2.24) is 14.8 Å². The minimum Gasteiger partial charge on any atom is -0.310 e. The molecule has 0 saturated heterocycles. The van der Waals surface area contributed by atoms with Gasteiger partial charge in [-0.05, 0) is 24.1 Å². The fourth-order valence-corrected chi connectivity index (χ4v) is 2.83. The highest BCUT2D eigenvalue weighted by molar-refractivity contribution is 9.08. The normalized spacial score (nSPS) is 11.3. The highest BCUT2D eigenvalue weighted by Gasteiger charge is 2.15. The van der Waals surface area contributed by atoms with E-state index in [1.807, 2.05) is 12.1 Å². The Hall–Kier alpha value is -0.580. The van der Waals surface area contributed by atoms with Gasteiger partial charge in [0, 0.05) is 22.2 Å². The van der Waals surface area contributed by atoms with Gasteiger partial charge in [-0.25, -0.2) is 0 Å². The number of alkyl halides is 1. The van der Waals surface area contributed by atoms with Gasteiger partial charge in [-0.2, -0.15) is 0 Å². The first-order valence-electron chi connectivity index (χ1n) is 5.95. The molecule has 0 spiro atoms. The van der Waals surface area contributed by atoms with E-state index in [2.05, 4.69) is 44.5 Å². The van der Waals surface area contributed by atoms with Gasteiger partial charge in [0.1, 0.15) is 5.82 Å². The highest BCUT2D eigenvalue weighted by Crippen LogP contribution is 2.27. The summed E-state index contributed by atoms with van der Waals surface area (Å²) < 4.78 is 2.10. The highest BCUT2D eigenvalue weighted by atomic mass is 79.9. The van der Waals surface area contributed by atoms with E-state index < -0.39 is 0 Å². The van der Waals surface area contributed by atoms with E-state index in [1.54, 1.807) is 6.07 Å². The first-order valence-corrected chi connectivity index (χ1v) is 7.83. The summed E-state index contributed by atoms with van der Waals surface area (Å²) in [5, 5.41) is 10.3. The Kier molecular flexibility index (Phi) is 4.87. The number of rotatable bonds is 4. The molecule has 6 heteroatoms. The van der Waals surface area contributed by atoms with Crippen LogP contribution in [0.5, 0.6) is 0 Å². The molecular formula is C13H14BrCl2N3. The number of halogens is 3. The summed E-state index contributed by atoms with van der Waals surface area (Å²) in [6.45, 7) is 5.17. The lowest BCUT2D eigenvalue weighted by Gasteiger charge is -2.12. The smallest absolute Gasteiger partial charge is 0.164 e. The van der Waals surface area contributed by atoms with Crippen molar-refractivity contribution in [2.75, 3.05) is 0 Å². The van der Waals surface area contributed by atoms with Gasteiger partial charge in [0.05, 0.1) is 5.33 Å². The SMILES string of the molecule is CC(C)Cn1c(CBr)nnc1-c1cc(Cl)cc(Cl)c1. The Bertz CT molecular complexity index is 561. The third-order valence-corrected chi connectivity index (χ3v) is 3.55. The van der Waals surface area contributed by atoms with Crippen molar-refractivity contribution < 1.29 is 0 Å². The number of benzene rings is 1. The molecule has 2 rings (SSSR count). The summed E-state index contributed by atoms with van der Waals surface area (Å²) in [4.78, 5) is 0. The number of hydrogen-bond acceptors (Lipinski definition) is 2. The van der Waals surface area contributed by atoms with Crippen LogP contribution in [0.2, 0.25) is 10.0 Å². The second kappa shape index (κ2) is 6.25. The van der Waals surface area contributed by atoms with Crippen LogP contribution in [0.1, 0.15) is 19.7 Å². The molecule has 2 aromatic rings. The number of hydrogen-bond donors (Lipinski definition) is 0. The molecule has 102 valence electrons. The average molecular weight is 363 g/mol. The van der Waals surface area contributed by atoms with E-state index in [4.69, 9.17) is 23.2 Å². The predicted molar refractivity (Wildman–Crippen MR) is 82.9 cm³/mol. The molecule has 0 aliphatic heterocycles. The molecule has 3 nitrogen and oxygen atoms in total. The maximum Gasteiger partial charge on any atom is 0.164 e. The van der Waals surface area contributed by atoms with Crippen molar-refractivity contribution in [3.63, 3.8) is 0 Å². The van der Waals surface area contributed by atoms with Crippen LogP contribution in [0.25, 0.3) is 11.4 Å². The van der Waals surface area contributed by atoms with Gasteiger partial charge < -0.3 is 4.57 Å². The zero-order valence-corrected chi connectivity index (χ0v) is 13.8. The minimum atomic E-state index is 0.502.